The number of carbonyl (C=O) groups excluding carboxylic acids is 1. The summed E-state index contributed by atoms with van der Waals surface area (Å²) in [4.78, 5) is 12.9. The van der Waals surface area contributed by atoms with Crippen molar-refractivity contribution in [1.29, 1.82) is 0 Å². The second kappa shape index (κ2) is 9.67. The first-order valence-electron chi connectivity index (χ1n) is 7.42. The summed E-state index contributed by atoms with van der Waals surface area (Å²) in [5.74, 6) is 0.629. The first-order valence-corrected chi connectivity index (χ1v) is 7.42. The molecule has 0 bridgehead atoms. The lowest BCUT2D eigenvalue weighted by molar-refractivity contribution is 0.0397. The SMILES string of the molecule is COCOc1cc(OCOC)c(C(=O)n2cccc2)c(OCOC)c1. The molecule has 0 unspecified atom stereocenters. The van der Waals surface area contributed by atoms with Crippen molar-refractivity contribution in [3.8, 4) is 17.2 Å². The maximum absolute atomic E-state index is 12.9. The van der Waals surface area contributed by atoms with Gasteiger partial charge in [-0.2, -0.15) is 0 Å². The molecule has 8 nitrogen and oxygen atoms in total. The quantitative estimate of drug-likeness (QED) is 0.607. The van der Waals surface area contributed by atoms with Gasteiger partial charge in [0.1, 0.15) is 22.8 Å². The van der Waals surface area contributed by atoms with E-state index >= 15 is 0 Å². The fourth-order valence-corrected chi connectivity index (χ4v) is 2.06. The van der Waals surface area contributed by atoms with E-state index in [1.165, 1.54) is 25.9 Å². The molecule has 0 aliphatic rings. The van der Waals surface area contributed by atoms with Crippen molar-refractivity contribution < 1.29 is 33.2 Å². The second-order valence-corrected chi connectivity index (χ2v) is 4.84. The number of benzene rings is 1. The molecule has 8 heteroatoms. The van der Waals surface area contributed by atoms with Crippen molar-refractivity contribution in [1.82, 2.24) is 4.57 Å². The van der Waals surface area contributed by atoms with Gasteiger partial charge in [-0.1, -0.05) is 0 Å². The van der Waals surface area contributed by atoms with Crippen molar-refractivity contribution in [2.75, 3.05) is 41.7 Å². The Balaban J connectivity index is 2.47. The Morgan fingerprint density at radius 1 is 0.840 bits per heavy atom. The molecule has 2 aromatic rings. The lowest BCUT2D eigenvalue weighted by Crippen LogP contribution is -2.15. The first kappa shape index (κ1) is 18.8. The van der Waals surface area contributed by atoms with E-state index in [9.17, 15) is 4.79 Å². The van der Waals surface area contributed by atoms with Crippen molar-refractivity contribution in [3.63, 3.8) is 0 Å². The number of aromatic nitrogens is 1. The molecular weight excluding hydrogens is 330 g/mol. The monoisotopic (exact) mass is 351 g/mol. The van der Waals surface area contributed by atoms with Gasteiger partial charge in [-0.3, -0.25) is 9.36 Å². The zero-order valence-corrected chi connectivity index (χ0v) is 14.4. The maximum atomic E-state index is 12.9. The summed E-state index contributed by atoms with van der Waals surface area (Å²) in [6.07, 6.45) is 3.27. The molecule has 0 N–H and O–H groups in total. The van der Waals surface area contributed by atoms with E-state index in [1.807, 2.05) is 0 Å². The summed E-state index contributed by atoms with van der Waals surface area (Å²) in [6, 6.07) is 6.65. The van der Waals surface area contributed by atoms with Crippen LogP contribution < -0.4 is 14.2 Å². The number of hydrogen-bond donors (Lipinski definition) is 0. The Morgan fingerprint density at radius 2 is 1.32 bits per heavy atom. The summed E-state index contributed by atoms with van der Waals surface area (Å²) in [7, 11) is 4.48. The fraction of sp³-hybridized carbons (Fsp3) is 0.353. The number of ether oxygens (including phenoxy) is 6. The molecule has 0 saturated heterocycles. The molecule has 0 fully saturated rings. The highest BCUT2D eigenvalue weighted by Crippen LogP contribution is 2.35. The molecule has 1 aromatic heterocycles. The van der Waals surface area contributed by atoms with Gasteiger partial charge in [0.25, 0.3) is 5.91 Å². The predicted octanol–water partition coefficient (Wildman–Crippen LogP) is 2.12. The third-order valence-corrected chi connectivity index (χ3v) is 3.10. The van der Waals surface area contributed by atoms with Crippen LogP contribution in [0.15, 0.2) is 36.7 Å². The van der Waals surface area contributed by atoms with E-state index in [4.69, 9.17) is 28.4 Å². The molecule has 0 spiro atoms. The van der Waals surface area contributed by atoms with Gasteiger partial charge in [0.2, 0.25) is 0 Å². The van der Waals surface area contributed by atoms with Crippen LogP contribution in [0.5, 0.6) is 17.2 Å². The lowest BCUT2D eigenvalue weighted by atomic mass is 10.1. The molecule has 0 aliphatic heterocycles. The number of carbonyl (C=O) groups is 1. The predicted molar refractivity (Wildman–Crippen MR) is 88.1 cm³/mol. The number of nitrogens with zero attached hydrogens (tertiary/aromatic N) is 1. The second-order valence-electron chi connectivity index (χ2n) is 4.84. The minimum atomic E-state index is -0.319. The van der Waals surface area contributed by atoms with E-state index < -0.39 is 0 Å². The van der Waals surface area contributed by atoms with Gasteiger partial charge in [0, 0.05) is 45.9 Å². The molecule has 0 amide bonds. The van der Waals surface area contributed by atoms with Crippen LogP contribution >= 0.6 is 0 Å². The van der Waals surface area contributed by atoms with E-state index in [0.717, 1.165) is 0 Å². The molecule has 0 aliphatic carbocycles. The van der Waals surface area contributed by atoms with Crippen LogP contribution in [0.2, 0.25) is 0 Å². The van der Waals surface area contributed by atoms with E-state index in [0.29, 0.717) is 5.75 Å². The summed E-state index contributed by atoms with van der Waals surface area (Å²) in [6.45, 7) is -0.0366. The number of rotatable bonds is 10. The molecule has 0 atom stereocenters. The van der Waals surface area contributed by atoms with Gasteiger partial charge in [-0.15, -0.1) is 0 Å². The van der Waals surface area contributed by atoms with Crippen LogP contribution in [0.3, 0.4) is 0 Å². The van der Waals surface area contributed by atoms with Crippen LogP contribution in [0.25, 0.3) is 0 Å². The zero-order chi connectivity index (χ0) is 18.1. The first-order chi connectivity index (χ1) is 12.2. The summed E-state index contributed by atoms with van der Waals surface area (Å²) in [5, 5.41) is 0. The van der Waals surface area contributed by atoms with Crippen LogP contribution in [-0.4, -0.2) is 52.2 Å². The maximum Gasteiger partial charge on any atom is 0.269 e. The topological polar surface area (TPSA) is 77.4 Å². The third-order valence-electron chi connectivity index (χ3n) is 3.10. The van der Waals surface area contributed by atoms with Gasteiger partial charge in [-0.05, 0) is 12.1 Å². The Hall–Kier alpha value is -2.55. The van der Waals surface area contributed by atoms with E-state index in [-0.39, 0.29) is 43.3 Å². The average molecular weight is 351 g/mol. The fourth-order valence-electron chi connectivity index (χ4n) is 2.06. The normalized spacial score (nSPS) is 10.5. The highest BCUT2D eigenvalue weighted by Gasteiger charge is 2.22. The van der Waals surface area contributed by atoms with E-state index in [1.54, 1.807) is 36.7 Å². The van der Waals surface area contributed by atoms with Crippen molar-refractivity contribution in [2.24, 2.45) is 0 Å². The van der Waals surface area contributed by atoms with Crippen LogP contribution in [-0.2, 0) is 14.2 Å². The Labute approximate surface area is 145 Å². The lowest BCUT2D eigenvalue weighted by Gasteiger charge is -2.17. The van der Waals surface area contributed by atoms with Crippen LogP contribution in [0, 0.1) is 0 Å². The third kappa shape index (κ3) is 4.96. The largest absolute Gasteiger partial charge is 0.467 e. The minimum Gasteiger partial charge on any atom is -0.467 e. The summed E-state index contributed by atoms with van der Waals surface area (Å²) >= 11 is 0. The molecule has 0 radical (unpaired) electrons. The van der Waals surface area contributed by atoms with E-state index in [2.05, 4.69) is 0 Å². The highest BCUT2D eigenvalue weighted by molar-refractivity contribution is 6.01. The van der Waals surface area contributed by atoms with Crippen molar-refractivity contribution in [3.05, 3.63) is 42.2 Å². The molecule has 136 valence electrons. The Kier molecular flexibility index (Phi) is 7.27. The minimum absolute atomic E-state index is 0.0383. The van der Waals surface area contributed by atoms with Crippen molar-refractivity contribution >= 4 is 5.91 Å². The molecule has 1 heterocycles. The van der Waals surface area contributed by atoms with Gasteiger partial charge < -0.3 is 28.4 Å². The standard InChI is InChI=1S/C17H21NO7/c1-20-10-23-13-8-14(24-11-21-2)16(15(9-13)25-12-22-3)17(19)18-6-4-5-7-18/h4-9H,10-12H2,1-3H3. The molecule has 2 rings (SSSR count). The van der Waals surface area contributed by atoms with Crippen molar-refractivity contribution in [2.45, 2.75) is 0 Å². The Morgan fingerprint density at radius 3 is 1.80 bits per heavy atom. The smallest absolute Gasteiger partial charge is 0.269 e. The highest BCUT2D eigenvalue weighted by atomic mass is 16.7. The average Bonchev–Trinajstić information content (AvgIpc) is 3.16. The van der Waals surface area contributed by atoms with Gasteiger partial charge in [-0.25, -0.2) is 0 Å². The zero-order valence-electron chi connectivity index (χ0n) is 14.4. The van der Waals surface area contributed by atoms with Crippen LogP contribution in [0.1, 0.15) is 10.4 Å². The van der Waals surface area contributed by atoms with Gasteiger partial charge >= 0.3 is 0 Å². The Bertz CT molecular complexity index is 641. The summed E-state index contributed by atoms with van der Waals surface area (Å²) in [5.41, 5.74) is 0.232. The molecular formula is C17H21NO7. The number of hydrogen-bond acceptors (Lipinski definition) is 7. The summed E-state index contributed by atoms with van der Waals surface area (Å²) < 4.78 is 32.7. The molecule has 1 aromatic carbocycles. The molecule has 25 heavy (non-hydrogen) atoms. The van der Waals surface area contributed by atoms with Gasteiger partial charge in [0.05, 0.1) is 0 Å². The number of methoxy groups -OCH3 is 3. The van der Waals surface area contributed by atoms with Crippen LogP contribution in [0.4, 0.5) is 0 Å². The molecule has 0 saturated carbocycles. The van der Waals surface area contributed by atoms with Gasteiger partial charge in [0.15, 0.2) is 20.4 Å².